The highest BCUT2D eigenvalue weighted by Crippen LogP contribution is 2.21. The molecule has 0 amide bonds. The van der Waals surface area contributed by atoms with Crippen molar-refractivity contribution < 1.29 is 4.74 Å². The van der Waals surface area contributed by atoms with Gasteiger partial charge in [0, 0.05) is 19.2 Å². The summed E-state index contributed by atoms with van der Waals surface area (Å²) in [6, 6.07) is 1.04. The lowest BCUT2D eigenvalue weighted by molar-refractivity contribution is 0.165. The zero-order valence-corrected chi connectivity index (χ0v) is 10.7. The second kappa shape index (κ2) is 6.41. The number of nitrogens with one attached hydrogen (secondary N) is 1. The van der Waals surface area contributed by atoms with Crippen molar-refractivity contribution in [3.8, 4) is 0 Å². The Labute approximate surface area is 89.4 Å². The molecule has 0 aromatic heterocycles. The molecule has 0 spiro atoms. The van der Waals surface area contributed by atoms with Gasteiger partial charge in [-0.05, 0) is 32.1 Å². The topological polar surface area (TPSA) is 21.3 Å². The van der Waals surface area contributed by atoms with E-state index in [2.05, 4.69) is 39.9 Å². The molecule has 2 unspecified atom stereocenters. The molecule has 0 rings (SSSR count). The summed E-state index contributed by atoms with van der Waals surface area (Å²) in [7, 11) is 1.75. The number of ether oxygens (including phenoxy) is 1. The molecule has 1 N–H and O–H groups in total. The molecule has 0 heterocycles. The highest BCUT2D eigenvalue weighted by Gasteiger charge is 2.13. The molecule has 0 radical (unpaired) electrons. The normalized spacial score (nSPS) is 16.7. The number of hydrogen-bond donors (Lipinski definition) is 1. The molecule has 0 aliphatic carbocycles. The van der Waals surface area contributed by atoms with E-state index in [4.69, 9.17) is 4.74 Å². The minimum absolute atomic E-state index is 0.445. The van der Waals surface area contributed by atoms with Crippen molar-refractivity contribution in [2.75, 3.05) is 13.7 Å². The fraction of sp³-hybridized carbons (Fsp3) is 1.00. The first kappa shape index (κ1) is 13.9. The summed E-state index contributed by atoms with van der Waals surface area (Å²) in [5.74, 6) is 0. The van der Waals surface area contributed by atoms with Crippen LogP contribution < -0.4 is 5.32 Å². The quantitative estimate of drug-likeness (QED) is 0.713. The minimum atomic E-state index is 0.445. The van der Waals surface area contributed by atoms with Crippen LogP contribution in [0.15, 0.2) is 0 Å². The first-order valence-electron chi connectivity index (χ1n) is 5.60. The van der Waals surface area contributed by atoms with E-state index in [0.717, 1.165) is 6.61 Å². The van der Waals surface area contributed by atoms with Gasteiger partial charge in [0.2, 0.25) is 0 Å². The van der Waals surface area contributed by atoms with E-state index in [1.807, 2.05) is 0 Å². The Balaban J connectivity index is 3.59. The van der Waals surface area contributed by atoms with Gasteiger partial charge in [0.05, 0.1) is 6.61 Å². The third-order valence-electron chi connectivity index (χ3n) is 2.31. The third kappa shape index (κ3) is 8.52. The van der Waals surface area contributed by atoms with Crippen LogP contribution in [0.2, 0.25) is 0 Å². The van der Waals surface area contributed by atoms with Crippen LogP contribution in [0.3, 0.4) is 0 Å². The summed E-state index contributed by atoms with van der Waals surface area (Å²) in [5.41, 5.74) is 0.445. The SMILES string of the molecule is COCC(C)NC(C)CCC(C)(C)C. The standard InChI is InChI=1S/C12H27NO/c1-10(7-8-12(3,4)5)13-11(2)9-14-6/h10-11,13H,7-9H2,1-6H3. The molecule has 2 nitrogen and oxygen atoms in total. The van der Waals surface area contributed by atoms with Gasteiger partial charge in [-0.3, -0.25) is 0 Å². The first-order valence-corrected chi connectivity index (χ1v) is 5.60. The maximum absolute atomic E-state index is 5.09. The summed E-state index contributed by atoms with van der Waals surface area (Å²) in [6.07, 6.45) is 2.50. The highest BCUT2D eigenvalue weighted by atomic mass is 16.5. The Kier molecular flexibility index (Phi) is 6.38. The average Bonchev–Trinajstić information content (AvgIpc) is 2.00. The van der Waals surface area contributed by atoms with E-state index in [1.165, 1.54) is 12.8 Å². The molecule has 0 bridgehead atoms. The zero-order chi connectivity index (χ0) is 11.2. The maximum Gasteiger partial charge on any atom is 0.0613 e. The van der Waals surface area contributed by atoms with Crippen LogP contribution in [0.5, 0.6) is 0 Å². The van der Waals surface area contributed by atoms with E-state index in [9.17, 15) is 0 Å². The van der Waals surface area contributed by atoms with Crippen LogP contribution in [0.1, 0.15) is 47.5 Å². The second-order valence-corrected chi connectivity index (χ2v) is 5.52. The van der Waals surface area contributed by atoms with E-state index >= 15 is 0 Å². The molecular formula is C12H27NO. The predicted molar refractivity (Wildman–Crippen MR) is 62.6 cm³/mol. The lowest BCUT2D eigenvalue weighted by Gasteiger charge is -2.24. The smallest absolute Gasteiger partial charge is 0.0613 e. The van der Waals surface area contributed by atoms with Crippen molar-refractivity contribution >= 4 is 0 Å². The maximum atomic E-state index is 5.09. The molecule has 0 saturated heterocycles. The molecule has 2 heteroatoms. The lowest BCUT2D eigenvalue weighted by atomic mass is 9.89. The number of hydrogen-bond acceptors (Lipinski definition) is 2. The van der Waals surface area contributed by atoms with Crippen LogP contribution in [0.4, 0.5) is 0 Å². The fourth-order valence-electron chi connectivity index (χ4n) is 1.52. The van der Waals surface area contributed by atoms with Crippen molar-refractivity contribution in [1.29, 1.82) is 0 Å². The Morgan fingerprint density at radius 3 is 2.14 bits per heavy atom. The molecule has 14 heavy (non-hydrogen) atoms. The van der Waals surface area contributed by atoms with Gasteiger partial charge in [0.25, 0.3) is 0 Å². The van der Waals surface area contributed by atoms with E-state index < -0.39 is 0 Å². The molecule has 2 atom stereocenters. The molecule has 0 aromatic carbocycles. The van der Waals surface area contributed by atoms with Crippen LogP contribution >= 0.6 is 0 Å². The van der Waals surface area contributed by atoms with Crippen LogP contribution in [-0.2, 0) is 4.74 Å². The van der Waals surface area contributed by atoms with Crippen molar-refractivity contribution in [3.05, 3.63) is 0 Å². The van der Waals surface area contributed by atoms with E-state index in [0.29, 0.717) is 17.5 Å². The van der Waals surface area contributed by atoms with Gasteiger partial charge in [0.15, 0.2) is 0 Å². The van der Waals surface area contributed by atoms with Gasteiger partial charge in [0.1, 0.15) is 0 Å². The van der Waals surface area contributed by atoms with Crippen molar-refractivity contribution in [2.24, 2.45) is 5.41 Å². The number of rotatable bonds is 6. The van der Waals surface area contributed by atoms with Crippen molar-refractivity contribution in [2.45, 2.75) is 59.5 Å². The largest absolute Gasteiger partial charge is 0.383 e. The molecule has 0 aliphatic heterocycles. The van der Waals surface area contributed by atoms with Crippen LogP contribution in [0.25, 0.3) is 0 Å². The Morgan fingerprint density at radius 1 is 1.14 bits per heavy atom. The predicted octanol–water partition coefficient (Wildman–Crippen LogP) is 2.83. The first-order chi connectivity index (χ1) is 6.35. The highest BCUT2D eigenvalue weighted by molar-refractivity contribution is 4.70. The summed E-state index contributed by atoms with van der Waals surface area (Å²) < 4.78 is 5.09. The fourth-order valence-corrected chi connectivity index (χ4v) is 1.52. The van der Waals surface area contributed by atoms with Gasteiger partial charge in [-0.2, -0.15) is 0 Å². The Morgan fingerprint density at radius 2 is 1.71 bits per heavy atom. The molecule has 0 fully saturated rings. The Bertz CT molecular complexity index is 140. The summed E-state index contributed by atoms with van der Waals surface area (Å²) in [6.45, 7) is 12.1. The van der Waals surface area contributed by atoms with Crippen molar-refractivity contribution in [3.63, 3.8) is 0 Å². The third-order valence-corrected chi connectivity index (χ3v) is 2.31. The molecule has 86 valence electrons. The van der Waals surface area contributed by atoms with Crippen LogP contribution in [-0.4, -0.2) is 25.8 Å². The number of methoxy groups -OCH3 is 1. The molecular weight excluding hydrogens is 174 g/mol. The minimum Gasteiger partial charge on any atom is -0.383 e. The van der Waals surface area contributed by atoms with Gasteiger partial charge in [-0.25, -0.2) is 0 Å². The summed E-state index contributed by atoms with van der Waals surface area (Å²) in [4.78, 5) is 0. The van der Waals surface area contributed by atoms with Crippen molar-refractivity contribution in [1.82, 2.24) is 5.32 Å². The van der Waals surface area contributed by atoms with E-state index in [1.54, 1.807) is 7.11 Å². The molecule has 0 saturated carbocycles. The van der Waals surface area contributed by atoms with Gasteiger partial charge < -0.3 is 10.1 Å². The monoisotopic (exact) mass is 201 g/mol. The molecule has 0 aromatic rings. The second-order valence-electron chi connectivity index (χ2n) is 5.52. The molecule has 0 aliphatic rings. The van der Waals surface area contributed by atoms with Gasteiger partial charge in [-0.1, -0.05) is 20.8 Å². The summed E-state index contributed by atoms with van der Waals surface area (Å²) >= 11 is 0. The zero-order valence-electron chi connectivity index (χ0n) is 10.7. The average molecular weight is 201 g/mol. The van der Waals surface area contributed by atoms with Gasteiger partial charge in [-0.15, -0.1) is 0 Å². The summed E-state index contributed by atoms with van der Waals surface area (Å²) in [5, 5.41) is 3.53. The lowest BCUT2D eigenvalue weighted by Crippen LogP contribution is -2.37. The van der Waals surface area contributed by atoms with Crippen LogP contribution in [0, 0.1) is 5.41 Å². The van der Waals surface area contributed by atoms with E-state index in [-0.39, 0.29) is 0 Å². The van der Waals surface area contributed by atoms with Gasteiger partial charge >= 0.3 is 0 Å². The Hall–Kier alpha value is -0.0800.